The maximum atomic E-state index is 6.34. The first-order valence-corrected chi connectivity index (χ1v) is 9.29. The molecule has 0 fully saturated rings. The molecule has 0 saturated carbocycles. The lowest BCUT2D eigenvalue weighted by atomic mass is 10.2. The van der Waals surface area contributed by atoms with Gasteiger partial charge in [-0.2, -0.15) is 0 Å². The Kier molecular flexibility index (Phi) is 8.56. The van der Waals surface area contributed by atoms with Crippen molar-refractivity contribution >= 4 is 23.2 Å². The molecule has 136 valence electrons. The third-order valence-corrected chi connectivity index (χ3v) is 4.12. The molecule has 0 heterocycles. The molecule has 0 aliphatic carbocycles. The second-order valence-electron chi connectivity index (χ2n) is 6.11. The summed E-state index contributed by atoms with van der Waals surface area (Å²) < 4.78 is 11.3. The molecular formula is C20H25Cl2NO2. The van der Waals surface area contributed by atoms with Crippen molar-refractivity contribution in [3.05, 3.63) is 63.6 Å². The molecule has 2 rings (SSSR count). The number of rotatable bonds is 10. The van der Waals surface area contributed by atoms with Crippen molar-refractivity contribution in [2.75, 3.05) is 13.2 Å². The first kappa shape index (κ1) is 20.1. The van der Waals surface area contributed by atoms with Gasteiger partial charge in [-0.25, -0.2) is 0 Å². The Bertz CT molecular complexity index is 624. The van der Waals surface area contributed by atoms with Gasteiger partial charge >= 0.3 is 0 Å². The summed E-state index contributed by atoms with van der Waals surface area (Å²) in [6, 6.07) is 13.7. The van der Waals surface area contributed by atoms with Crippen LogP contribution in [-0.2, 0) is 17.9 Å². The average Bonchev–Trinajstić information content (AvgIpc) is 2.58. The Morgan fingerprint density at radius 2 is 1.68 bits per heavy atom. The van der Waals surface area contributed by atoms with E-state index in [-0.39, 0.29) is 6.10 Å². The van der Waals surface area contributed by atoms with Gasteiger partial charge in [-0.3, -0.25) is 0 Å². The van der Waals surface area contributed by atoms with Crippen molar-refractivity contribution in [3.8, 4) is 5.75 Å². The van der Waals surface area contributed by atoms with Crippen LogP contribution in [0.4, 0.5) is 0 Å². The number of hydrogen-bond acceptors (Lipinski definition) is 3. The lowest BCUT2D eigenvalue weighted by Crippen LogP contribution is -2.17. The van der Waals surface area contributed by atoms with Crippen molar-refractivity contribution in [1.29, 1.82) is 0 Å². The quantitative estimate of drug-likeness (QED) is 0.552. The third kappa shape index (κ3) is 7.25. The predicted molar refractivity (Wildman–Crippen MR) is 105 cm³/mol. The number of benzene rings is 2. The van der Waals surface area contributed by atoms with Gasteiger partial charge in [0.25, 0.3) is 0 Å². The average molecular weight is 382 g/mol. The van der Waals surface area contributed by atoms with Gasteiger partial charge in [-0.05, 0) is 50.1 Å². The number of ether oxygens (including phenoxy) is 2. The van der Waals surface area contributed by atoms with E-state index < -0.39 is 0 Å². The van der Waals surface area contributed by atoms with Crippen LogP contribution in [0.2, 0.25) is 10.0 Å². The molecule has 5 heteroatoms. The van der Waals surface area contributed by atoms with Gasteiger partial charge in [0.2, 0.25) is 0 Å². The summed E-state index contributed by atoms with van der Waals surface area (Å²) in [5.74, 6) is 0.529. The SMILES string of the molecule is CC(C)OCCCNCc1cc(Cl)c(OCc2ccccc2)c(Cl)c1. The molecule has 0 radical (unpaired) electrons. The normalized spacial score (nSPS) is 11.1. The van der Waals surface area contributed by atoms with E-state index in [1.54, 1.807) is 0 Å². The first-order valence-electron chi connectivity index (χ1n) is 8.53. The van der Waals surface area contributed by atoms with Gasteiger partial charge < -0.3 is 14.8 Å². The summed E-state index contributed by atoms with van der Waals surface area (Å²) in [5.41, 5.74) is 2.11. The third-order valence-electron chi connectivity index (χ3n) is 3.56. The minimum atomic E-state index is 0.279. The molecule has 0 amide bonds. The summed E-state index contributed by atoms with van der Waals surface area (Å²) in [6.45, 7) is 6.87. The monoisotopic (exact) mass is 381 g/mol. The summed E-state index contributed by atoms with van der Waals surface area (Å²) in [7, 11) is 0. The Balaban J connectivity index is 1.82. The predicted octanol–water partition coefficient (Wildman–Crippen LogP) is 5.48. The zero-order valence-corrected chi connectivity index (χ0v) is 16.2. The highest BCUT2D eigenvalue weighted by molar-refractivity contribution is 6.37. The van der Waals surface area contributed by atoms with Crippen LogP contribution in [0.25, 0.3) is 0 Å². The zero-order chi connectivity index (χ0) is 18.1. The fourth-order valence-electron chi connectivity index (χ4n) is 2.33. The maximum absolute atomic E-state index is 6.34. The van der Waals surface area contributed by atoms with Crippen molar-refractivity contribution in [1.82, 2.24) is 5.32 Å². The van der Waals surface area contributed by atoms with E-state index in [2.05, 4.69) is 5.32 Å². The Morgan fingerprint density at radius 3 is 2.32 bits per heavy atom. The van der Waals surface area contributed by atoms with E-state index in [0.717, 1.165) is 30.7 Å². The van der Waals surface area contributed by atoms with Crippen LogP contribution in [-0.4, -0.2) is 19.3 Å². The van der Waals surface area contributed by atoms with E-state index in [9.17, 15) is 0 Å². The highest BCUT2D eigenvalue weighted by Gasteiger charge is 2.10. The Morgan fingerprint density at radius 1 is 1.00 bits per heavy atom. The molecule has 2 aromatic carbocycles. The topological polar surface area (TPSA) is 30.5 Å². The summed E-state index contributed by atoms with van der Waals surface area (Å²) >= 11 is 12.7. The molecule has 2 aromatic rings. The number of halogens is 2. The van der Waals surface area contributed by atoms with Gasteiger partial charge in [0.05, 0.1) is 16.1 Å². The van der Waals surface area contributed by atoms with Crippen molar-refractivity contribution in [2.24, 2.45) is 0 Å². The molecule has 0 saturated heterocycles. The lowest BCUT2D eigenvalue weighted by Gasteiger charge is -2.13. The second-order valence-corrected chi connectivity index (χ2v) is 6.93. The smallest absolute Gasteiger partial charge is 0.156 e. The Labute approximate surface area is 160 Å². The van der Waals surface area contributed by atoms with Crippen molar-refractivity contribution in [3.63, 3.8) is 0 Å². The van der Waals surface area contributed by atoms with Crippen LogP contribution in [0.15, 0.2) is 42.5 Å². The first-order chi connectivity index (χ1) is 12.1. The molecule has 1 N–H and O–H groups in total. The number of hydrogen-bond donors (Lipinski definition) is 1. The molecule has 0 bridgehead atoms. The fraction of sp³-hybridized carbons (Fsp3) is 0.400. The Hall–Kier alpha value is -1.26. The van der Waals surface area contributed by atoms with E-state index in [4.69, 9.17) is 32.7 Å². The molecule has 0 atom stereocenters. The van der Waals surface area contributed by atoms with Crippen molar-refractivity contribution < 1.29 is 9.47 Å². The van der Waals surface area contributed by atoms with Gasteiger partial charge in [0.15, 0.2) is 5.75 Å². The number of nitrogens with one attached hydrogen (secondary N) is 1. The highest BCUT2D eigenvalue weighted by Crippen LogP contribution is 2.34. The molecule has 0 aliphatic heterocycles. The van der Waals surface area contributed by atoms with Gasteiger partial charge in [0, 0.05) is 13.2 Å². The zero-order valence-electron chi connectivity index (χ0n) is 14.7. The molecule has 0 aromatic heterocycles. The van der Waals surface area contributed by atoms with E-state index in [1.807, 2.05) is 56.3 Å². The highest BCUT2D eigenvalue weighted by atomic mass is 35.5. The minimum absolute atomic E-state index is 0.279. The largest absolute Gasteiger partial charge is 0.486 e. The summed E-state index contributed by atoms with van der Waals surface area (Å²) in [5, 5.41) is 4.43. The molecule has 0 aliphatic rings. The van der Waals surface area contributed by atoms with Crippen LogP contribution in [0.5, 0.6) is 5.75 Å². The van der Waals surface area contributed by atoms with Gasteiger partial charge in [0.1, 0.15) is 6.61 Å². The van der Waals surface area contributed by atoms with E-state index in [1.165, 1.54) is 0 Å². The van der Waals surface area contributed by atoms with Gasteiger partial charge in [-0.1, -0.05) is 53.5 Å². The second kappa shape index (κ2) is 10.7. The van der Waals surface area contributed by atoms with Crippen molar-refractivity contribution in [2.45, 2.75) is 39.5 Å². The molecule has 3 nitrogen and oxygen atoms in total. The molecule has 0 spiro atoms. The van der Waals surface area contributed by atoms with Crippen LogP contribution in [0.1, 0.15) is 31.4 Å². The molecule has 25 heavy (non-hydrogen) atoms. The molecular weight excluding hydrogens is 357 g/mol. The lowest BCUT2D eigenvalue weighted by molar-refractivity contribution is 0.0770. The van der Waals surface area contributed by atoms with Gasteiger partial charge in [-0.15, -0.1) is 0 Å². The van der Waals surface area contributed by atoms with Crippen LogP contribution in [0, 0.1) is 0 Å². The fourth-order valence-corrected chi connectivity index (χ4v) is 2.97. The molecule has 0 unspecified atom stereocenters. The van der Waals surface area contributed by atoms with Crippen LogP contribution in [0.3, 0.4) is 0 Å². The van der Waals surface area contributed by atoms with E-state index >= 15 is 0 Å². The van der Waals surface area contributed by atoms with Crippen LogP contribution < -0.4 is 10.1 Å². The van der Waals surface area contributed by atoms with Crippen LogP contribution >= 0.6 is 23.2 Å². The summed E-state index contributed by atoms with van der Waals surface area (Å²) in [4.78, 5) is 0. The van der Waals surface area contributed by atoms with E-state index in [0.29, 0.717) is 28.9 Å². The maximum Gasteiger partial charge on any atom is 0.156 e. The standard InChI is InChI=1S/C20H25Cl2NO2/c1-15(2)24-10-6-9-23-13-17-11-18(21)20(19(22)12-17)25-14-16-7-4-3-5-8-16/h3-5,7-8,11-12,15,23H,6,9-10,13-14H2,1-2H3. The summed E-state index contributed by atoms with van der Waals surface area (Å²) in [6.07, 6.45) is 1.25. The minimum Gasteiger partial charge on any atom is -0.486 e.